The zero-order valence-electron chi connectivity index (χ0n) is 7.42. The minimum absolute atomic E-state index is 0.0665. The summed E-state index contributed by atoms with van der Waals surface area (Å²) < 4.78 is 13.1. The molecule has 1 atom stereocenters. The van der Waals surface area contributed by atoms with Gasteiger partial charge >= 0.3 is 0 Å². The van der Waals surface area contributed by atoms with Gasteiger partial charge in [0.2, 0.25) is 0 Å². The van der Waals surface area contributed by atoms with E-state index in [-0.39, 0.29) is 11.6 Å². The van der Waals surface area contributed by atoms with Crippen LogP contribution in [0.4, 0.5) is 4.39 Å². The maximum atomic E-state index is 13.1. The fourth-order valence-corrected chi connectivity index (χ4v) is 1.19. The lowest BCUT2D eigenvalue weighted by molar-refractivity contribution is 0.611. The molecule has 0 aliphatic carbocycles. The van der Waals surface area contributed by atoms with Crippen molar-refractivity contribution in [3.8, 4) is 6.07 Å². The molecule has 2 N–H and O–H groups in total. The van der Waals surface area contributed by atoms with Gasteiger partial charge in [-0.05, 0) is 18.1 Å². The first kappa shape index (κ1) is 9.69. The van der Waals surface area contributed by atoms with E-state index in [1.807, 2.05) is 13.0 Å². The van der Waals surface area contributed by atoms with Gasteiger partial charge in [-0.15, -0.1) is 0 Å². The van der Waals surface area contributed by atoms with Crippen LogP contribution in [0.25, 0.3) is 0 Å². The number of rotatable bonds is 2. The third-order valence-electron chi connectivity index (χ3n) is 2.00. The van der Waals surface area contributed by atoms with Crippen LogP contribution in [-0.2, 0) is 0 Å². The molecule has 0 fully saturated rings. The first-order chi connectivity index (χ1) is 6.20. The Labute approximate surface area is 76.8 Å². The summed E-state index contributed by atoms with van der Waals surface area (Å²) in [6.45, 7) is 1.90. The Bertz CT molecular complexity index is 341. The van der Waals surface area contributed by atoms with E-state index in [1.165, 1.54) is 6.07 Å². The van der Waals surface area contributed by atoms with Gasteiger partial charge in [0.05, 0.1) is 5.56 Å². The summed E-state index contributed by atoms with van der Waals surface area (Å²) >= 11 is 0. The Morgan fingerprint density at radius 3 is 2.85 bits per heavy atom. The molecule has 0 saturated carbocycles. The molecule has 0 bridgehead atoms. The third kappa shape index (κ3) is 1.85. The second-order valence-corrected chi connectivity index (χ2v) is 2.83. The number of benzene rings is 1. The molecule has 2 nitrogen and oxygen atoms in total. The minimum atomic E-state index is -0.496. The molecular weight excluding hydrogens is 167 g/mol. The van der Waals surface area contributed by atoms with Gasteiger partial charge in [-0.25, -0.2) is 4.39 Å². The van der Waals surface area contributed by atoms with E-state index in [1.54, 1.807) is 12.1 Å². The van der Waals surface area contributed by atoms with Crippen molar-refractivity contribution in [2.45, 2.75) is 19.4 Å². The molecular formula is C10H11FN2. The average molecular weight is 178 g/mol. The van der Waals surface area contributed by atoms with Crippen LogP contribution in [-0.4, -0.2) is 0 Å². The lowest BCUT2D eigenvalue weighted by Crippen LogP contribution is -2.11. The molecule has 0 heterocycles. The topological polar surface area (TPSA) is 49.8 Å². The Morgan fingerprint density at radius 2 is 2.31 bits per heavy atom. The van der Waals surface area contributed by atoms with E-state index in [0.717, 1.165) is 0 Å². The summed E-state index contributed by atoms with van der Waals surface area (Å²) in [6.07, 6.45) is 0.693. The van der Waals surface area contributed by atoms with Crippen LogP contribution in [0.5, 0.6) is 0 Å². The second-order valence-electron chi connectivity index (χ2n) is 2.83. The van der Waals surface area contributed by atoms with Crippen molar-refractivity contribution in [3.05, 3.63) is 35.1 Å². The number of nitrogens with two attached hydrogens (primary N) is 1. The van der Waals surface area contributed by atoms with Gasteiger partial charge in [-0.2, -0.15) is 5.26 Å². The number of nitrogens with zero attached hydrogens (tertiary/aromatic N) is 1. The lowest BCUT2D eigenvalue weighted by Gasteiger charge is -2.10. The van der Waals surface area contributed by atoms with Crippen molar-refractivity contribution in [3.63, 3.8) is 0 Å². The van der Waals surface area contributed by atoms with Crippen molar-refractivity contribution >= 4 is 0 Å². The Morgan fingerprint density at radius 1 is 1.62 bits per heavy atom. The van der Waals surface area contributed by atoms with E-state index < -0.39 is 5.82 Å². The van der Waals surface area contributed by atoms with Gasteiger partial charge in [-0.1, -0.05) is 19.1 Å². The average Bonchev–Trinajstić information content (AvgIpc) is 2.16. The van der Waals surface area contributed by atoms with Crippen LogP contribution in [0.15, 0.2) is 18.2 Å². The van der Waals surface area contributed by atoms with Crippen molar-refractivity contribution in [1.29, 1.82) is 5.26 Å². The third-order valence-corrected chi connectivity index (χ3v) is 2.00. The molecule has 0 amide bonds. The highest BCUT2D eigenvalue weighted by Gasteiger charge is 2.12. The Hall–Kier alpha value is -1.40. The molecule has 3 heteroatoms. The summed E-state index contributed by atoms with van der Waals surface area (Å²) in [5.74, 6) is -0.496. The standard InChI is InChI=1S/C10H11FN2/c1-2-10(13)7-4-3-5-9(11)8(7)6-12/h3-5,10H,2,13H2,1H3. The molecule has 0 aliphatic heterocycles. The van der Waals surface area contributed by atoms with E-state index in [0.29, 0.717) is 12.0 Å². The number of nitriles is 1. The zero-order chi connectivity index (χ0) is 9.84. The van der Waals surface area contributed by atoms with E-state index in [4.69, 9.17) is 11.0 Å². The summed E-state index contributed by atoms with van der Waals surface area (Å²) in [5, 5.41) is 8.70. The number of hydrogen-bond acceptors (Lipinski definition) is 2. The monoisotopic (exact) mass is 178 g/mol. The van der Waals surface area contributed by atoms with Gasteiger partial charge in [0.25, 0.3) is 0 Å². The molecule has 0 radical (unpaired) electrons. The smallest absolute Gasteiger partial charge is 0.141 e. The molecule has 0 aliphatic rings. The van der Waals surface area contributed by atoms with Gasteiger partial charge < -0.3 is 5.73 Å². The maximum Gasteiger partial charge on any atom is 0.141 e. The predicted octanol–water partition coefficient (Wildman–Crippen LogP) is 2.11. The molecule has 1 aromatic rings. The van der Waals surface area contributed by atoms with Crippen LogP contribution in [0.1, 0.15) is 30.5 Å². The highest BCUT2D eigenvalue weighted by atomic mass is 19.1. The quantitative estimate of drug-likeness (QED) is 0.754. The van der Waals surface area contributed by atoms with Gasteiger partial charge in [0, 0.05) is 6.04 Å². The van der Waals surface area contributed by atoms with Crippen molar-refractivity contribution in [2.75, 3.05) is 0 Å². The molecule has 1 rings (SSSR count). The fraction of sp³-hybridized carbons (Fsp3) is 0.300. The van der Waals surface area contributed by atoms with Gasteiger partial charge in [-0.3, -0.25) is 0 Å². The van der Waals surface area contributed by atoms with Crippen molar-refractivity contribution in [2.24, 2.45) is 5.73 Å². The molecule has 0 aromatic heterocycles. The van der Waals surface area contributed by atoms with Crippen LogP contribution >= 0.6 is 0 Å². The normalized spacial score (nSPS) is 12.2. The fourth-order valence-electron chi connectivity index (χ4n) is 1.19. The van der Waals surface area contributed by atoms with Crippen LogP contribution in [0.3, 0.4) is 0 Å². The zero-order valence-corrected chi connectivity index (χ0v) is 7.42. The first-order valence-electron chi connectivity index (χ1n) is 4.14. The van der Waals surface area contributed by atoms with Gasteiger partial charge in [0.1, 0.15) is 11.9 Å². The van der Waals surface area contributed by atoms with Crippen LogP contribution in [0.2, 0.25) is 0 Å². The van der Waals surface area contributed by atoms with E-state index >= 15 is 0 Å². The SMILES string of the molecule is CCC(N)c1cccc(F)c1C#N. The highest BCUT2D eigenvalue weighted by molar-refractivity contribution is 5.40. The van der Waals surface area contributed by atoms with Crippen molar-refractivity contribution in [1.82, 2.24) is 0 Å². The Balaban J connectivity index is 3.22. The second kappa shape index (κ2) is 4.01. The van der Waals surface area contributed by atoms with Crippen molar-refractivity contribution < 1.29 is 4.39 Å². The van der Waals surface area contributed by atoms with Crippen LogP contribution in [0, 0.1) is 17.1 Å². The molecule has 0 saturated heterocycles. The van der Waals surface area contributed by atoms with Gasteiger partial charge in [0.15, 0.2) is 0 Å². The molecule has 0 spiro atoms. The van der Waals surface area contributed by atoms with E-state index in [9.17, 15) is 4.39 Å². The Kier molecular flexibility index (Phi) is 2.99. The summed E-state index contributed by atoms with van der Waals surface area (Å²) in [7, 11) is 0. The summed E-state index contributed by atoms with van der Waals surface area (Å²) in [6, 6.07) is 6.09. The maximum absolute atomic E-state index is 13.1. The first-order valence-corrected chi connectivity index (χ1v) is 4.14. The minimum Gasteiger partial charge on any atom is -0.324 e. The molecule has 68 valence electrons. The lowest BCUT2D eigenvalue weighted by atomic mass is 9.99. The largest absolute Gasteiger partial charge is 0.324 e. The predicted molar refractivity (Wildman–Crippen MR) is 48.3 cm³/mol. The molecule has 1 unspecified atom stereocenters. The number of hydrogen-bond donors (Lipinski definition) is 1. The number of halogens is 1. The van der Waals surface area contributed by atoms with Crippen LogP contribution < -0.4 is 5.73 Å². The molecule has 1 aromatic carbocycles. The molecule has 13 heavy (non-hydrogen) atoms. The highest BCUT2D eigenvalue weighted by Crippen LogP contribution is 2.20. The summed E-state index contributed by atoms with van der Waals surface area (Å²) in [5.41, 5.74) is 6.38. The summed E-state index contributed by atoms with van der Waals surface area (Å²) in [4.78, 5) is 0. The van der Waals surface area contributed by atoms with E-state index in [2.05, 4.69) is 0 Å².